The molecule has 0 bridgehead atoms. The second kappa shape index (κ2) is 1.34. The van der Waals surface area contributed by atoms with Gasteiger partial charge in [0.15, 0.2) is 5.65 Å². The van der Waals surface area contributed by atoms with Crippen LogP contribution in [0.5, 0.6) is 0 Å². The van der Waals surface area contributed by atoms with Crippen LogP contribution in [0.1, 0.15) is 5.82 Å². The summed E-state index contributed by atoms with van der Waals surface area (Å²) in [5.41, 5.74) is 0.868. The van der Waals surface area contributed by atoms with Gasteiger partial charge < -0.3 is 0 Å². The van der Waals surface area contributed by atoms with Crippen LogP contribution in [0.4, 0.5) is 0 Å². The molecule has 2 heterocycles. The summed E-state index contributed by atoms with van der Waals surface area (Å²) in [5.74, 6) is 0.793. The number of hydrogen-bond donors (Lipinski definition) is 1. The summed E-state index contributed by atoms with van der Waals surface area (Å²) in [4.78, 5) is 4.09. The largest absolute Gasteiger partial charge is 0.284 e. The van der Waals surface area contributed by atoms with Gasteiger partial charge in [-0.3, -0.25) is 5.10 Å². The second-order valence-electron chi connectivity index (χ2n) is 1.89. The van der Waals surface area contributed by atoms with Crippen LogP contribution < -0.4 is 0 Å². The van der Waals surface area contributed by atoms with E-state index in [1.165, 1.54) is 0 Å². The molecule has 9 heavy (non-hydrogen) atoms. The third-order valence-electron chi connectivity index (χ3n) is 1.17. The molecule has 0 aliphatic heterocycles. The molecule has 0 aliphatic rings. The summed E-state index contributed by atoms with van der Waals surface area (Å²) in [6.45, 7) is 1.86. The molecule has 0 saturated heterocycles. The molecule has 2 aromatic heterocycles. The molecule has 46 valence electrons. The fraction of sp³-hybridized carbons (Fsp3) is 0.200. The summed E-state index contributed by atoms with van der Waals surface area (Å²) in [6, 6.07) is 1.88. The van der Waals surface area contributed by atoms with Gasteiger partial charge in [0.05, 0.1) is 0 Å². The van der Waals surface area contributed by atoms with Crippen LogP contribution in [0.25, 0.3) is 5.65 Å². The molecule has 0 radical (unpaired) electrons. The predicted octanol–water partition coefficient (Wildman–Crippen LogP) is 0.366. The van der Waals surface area contributed by atoms with Gasteiger partial charge in [0, 0.05) is 12.3 Å². The quantitative estimate of drug-likeness (QED) is 0.548. The predicted molar refractivity (Wildman–Crippen MR) is 32.1 cm³/mol. The SMILES string of the molecule is Cc1nc2cc[nH]n2n1. The van der Waals surface area contributed by atoms with Gasteiger partial charge in [0.25, 0.3) is 0 Å². The number of aromatic amines is 1. The van der Waals surface area contributed by atoms with Gasteiger partial charge in [-0.1, -0.05) is 0 Å². The van der Waals surface area contributed by atoms with Gasteiger partial charge in [0.1, 0.15) is 5.82 Å². The average Bonchev–Trinajstić information content (AvgIpc) is 2.22. The minimum atomic E-state index is 0.793. The van der Waals surface area contributed by atoms with Crippen LogP contribution in [-0.2, 0) is 0 Å². The molecule has 1 N–H and O–H groups in total. The van der Waals surface area contributed by atoms with Gasteiger partial charge in [-0.05, 0) is 6.92 Å². The number of fused-ring (bicyclic) bond motifs is 1. The molecule has 2 rings (SSSR count). The van der Waals surface area contributed by atoms with E-state index in [1.807, 2.05) is 13.0 Å². The highest BCUT2D eigenvalue weighted by Crippen LogP contribution is 1.95. The zero-order chi connectivity index (χ0) is 6.27. The Morgan fingerprint density at radius 1 is 1.67 bits per heavy atom. The summed E-state index contributed by atoms with van der Waals surface area (Å²) in [6.07, 6.45) is 1.80. The lowest BCUT2D eigenvalue weighted by molar-refractivity contribution is 0.806. The van der Waals surface area contributed by atoms with Crippen LogP contribution in [0.3, 0.4) is 0 Å². The van der Waals surface area contributed by atoms with Crippen molar-refractivity contribution in [3.63, 3.8) is 0 Å². The first-order chi connectivity index (χ1) is 4.36. The molecule has 0 amide bonds. The van der Waals surface area contributed by atoms with E-state index in [1.54, 1.807) is 10.8 Å². The Morgan fingerprint density at radius 3 is 3.33 bits per heavy atom. The topological polar surface area (TPSA) is 46.0 Å². The normalized spacial score (nSPS) is 10.8. The van der Waals surface area contributed by atoms with Gasteiger partial charge in [0.2, 0.25) is 0 Å². The van der Waals surface area contributed by atoms with E-state index >= 15 is 0 Å². The highest BCUT2D eigenvalue weighted by molar-refractivity contribution is 5.34. The Labute approximate surface area is 51.5 Å². The molecule has 4 heteroatoms. The molecule has 0 fully saturated rings. The highest BCUT2D eigenvalue weighted by Gasteiger charge is 1.95. The Kier molecular flexibility index (Phi) is 0.677. The maximum absolute atomic E-state index is 4.09. The molecule has 0 unspecified atom stereocenters. The van der Waals surface area contributed by atoms with Crippen molar-refractivity contribution in [3.8, 4) is 0 Å². The maximum atomic E-state index is 4.09. The van der Waals surface area contributed by atoms with E-state index in [9.17, 15) is 0 Å². The van der Waals surface area contributed by atoms with Gasteiger partial charge in [-0.15, -0.1) is 5.10 Å². The molecule has 4 nitrogen and oxygen atoms in total. The molecular formula is C5H6N4. The van der Waals surface area contributed by atoms with E-state index in [-0.39, 0.29) is 0 Å². The number of rotatable bonds is 0. The van der Waals surface area contributed by atoms with Gasteiger partial charge in [-0.25, -0.2) is 4.98 Å². The third-order valence-corrected chi connectivity index (χ3v) is 1.17. The van der Waals surface area contributed by atoms with Crippen molar-refractivity contribution in [3.05, 3.63) is 18.1 Å². The monoisotopic (exact) mass is 122 g/mol. The van der Waals surface area contributed by atoms with Crippen LogP contribution in [0.2, 0.25) is 0 Å². The minimum absolute atomic E-state index is 0.793. The van der Waals surface area contributed by atoms with Crippen molar-refractivity contribution in [2.24, 2.45) is 0 Å². The Hall–Kier alpha value is -1.32. The average molecular weight is 122 g/mol. The maximum Gasteiger partial charge on any atom is 0.175 e. The zero-order valence-electron chi connectivity index (χ0n) is 5.00. The smallest absolute Gasteiger partial charge is 0.175 e. The van der Waals surface area contributed by atoms with Gasteiger partial charge in [-0.2, -0.15) is 4.63 Å². The zero-order valence-corrected chi connectivity index (χ0v) is 5.00. The van der Waals surface area contributed by atoms with E-state index in [2.05, 4.69) is 15.2 Å². The fourth-order valence-electron chi connectivity index (χ4n) is 0.817. The first-order valence-corrected chi connectivity index (χ1v) is 2.73. The standard InChI is InChI=1S/C5H6N4/c1-4-7-5-2-3-6-9(5)8-4/h2-3,6H,1H3. The van der Waals surface area contributed by atoms with Crippen molar-refractivity contribution in [2.75, 3.05) is 0 Å². The molecule has 0 spiro atoms. The lowest BCUT2D eigenvalue weighted by Gasteiger charge is -1.74. The van der Waals surface area contributed by atoms with Crippen molar-refractivity contribution in [2.45, 2.75) is 6.92 Å². The van der Waals surface area contributed by atoms with Crippen LogP contribution in [-0.4, -0.2) is 19.8 Å². The lowest BCUT2D eigenvalue weighted by atomic mass is 10.7. The first-order valence-electron chi connectivity index (χ1n) is 2.73. The van der Waals surface area contributed by atoms with Crippen molar-refractivity contribution in [1.82, 2.24) is 19.8 Å². The minimum Gasteiger partial charge on any atom is -0.284 e. The fourth-order valence-corrected chi connectivity index (χ4v) is 0.817. The third kappa shape index (κ3) is 0.526. The Morgan fingerprint density at radius 2 is 2.56 bits per heavy atom. The van der Waals surface area contributed by atoms with E-state index < -0.39 is 0 Å². The van der Waals surface area contributed by atoms with Crippen molar-refractivity contribution in [1.29, 1.82) is 0 Å². The summed E-state index contributed by atoms with van der Waals surface area (Å²) in [7, 11) is 0. The molecule has 0 saturated carbocycles. The number of hydrogen-bond acceptors (Lipinski definition) is 2. The van der Waals surface area contributed by atoms with Crippen molar-refractivity contribution < 1.29 is 0 Å². The van der Waals surface area contributed by atoms with Gasteiger partial charge >= 0.3 is 0 Å². The Bertz CT molecular complexity index is 290. The van der Waals surface area contributed by atoms with E-state index in [4.69, 9.17) is 0 Å². The van der Waals surface area contributed by atoms with Crippen LogP contribution >= 0.6 is 0 Å². The molecule has 2 aromatic rings. The molecule has 0 aliphatic carbocycles. The summed E-state index contributed by atoms with van der Waals surface area (Å²) < 4.78 is 1.63. The number of nitrogens with one attached hydrogen (secondary N) is 1. The number of aryl methyl sites for hydroxylation is 1. The molecular weight excluding hydrogens is 116 g/mol. The first kappa shape index (κ1) is 4.55. The van der Waals surface area contributed by atoms with E-state index in [0.717, 1.165) is 11.5 Å². The highest BCUT2D eigenvalue weighted by atomic mass is 15.4. The van der Waals surface area contributed by atoms with Crippen LogP contribution in [0, 0.1) is 6.92 Å². The molecule has 0 atom stereocenters. The number of nitrogens with zero attached hydrogens (tertiary/aromatic N) is 3. The number of aromatic nitrogens is 4. The summed E-state index contributed by atoms with van der Waals surface area (Å²) >= 11 is 0. The molecule has 0 aromatic carbocycles. The summed E-state index contributed by atoms with van der Waals surface area (Å²) in [5, 5.41) is 6.91. The van der Waals surface area contributed by atoms with Crippen LogP contribution in [0.15, 0.2) is 12.3 Å². The van der Waals surface area contributed by atoms with Crippen molar-refractivity contribution >= 4 is 5.65 Å². The number of H-pyrrole nitrogens is 1. The second-order valence-corrected chi connectivity index (χ2v) is 1.89. The Balaban J connectivity index is 2.92. The van der Waals surface area contributed by atoms with E-state index in [0.29, 0.717) is 0 Å². The lowest BCUT2D eigenvalue weighted by Crippen LogP contribution is -1.84.